The van der Waals surface area contributed by atoms with E-state index in [1.54, 1.807) is 18.7 Å². The van der Waals surface area contributed by atoms with E-state index in [-0.39, 0.29) is 12.5 Å². The number of ether oxygens (including phenoxy) is 1. The van der Waals surface area contributed by atoms with Crippen molar-refractivity contribution in [3.05, 3.63) is 46.8 Å². The molecule has 6 nitrogen and oxygen atoms in total. The van der Waals surface area contributed by atoms with Gasteiger partial charge in [-0.3, -0.25) is 9.48 Å². The third-order valence-electron chi connectivity index (χ3n) is 4.05. The summed E-state index contributed by atoms with van der Waals surface area (Å²) in [7, 11) is 1.74. The molecule has 0 saturated heterocycles. The van der Waals surface area contributed by atoms with Gasteiger partial charge in [0, 0.05) is 18.4 Å². The molecular weight excluding hydrogens is 306 g/mol. The maximum Gasteiger partial charge on any atom is 0.342 e. The largest absolute Gasteiger partial charge is 0.452 e. The molecule has 2 aromatic rings. The number of carbonyl (C=O) groups excluding carboxylic acids is 2. The molecule has 0 aliphatic carbocycles. The van der Waals surface area contributed by atoms with E-state index in [0.717, 1.165) is 29.7 Å². The highest BCUT2D eigenvalue weighted by Gasteiger charge is 2.16. The summed E-state index contributed by atoms with van der Waals surface area (Å²) in [6.45, 7) is 5.52. The van der Waals surface area contributed by atoms with Crippen molar-refractivity contribution in [2.75, 3.05) is 11.9 Å². The summed E-state index contributed by atoms with van der Waals surface area (Å²) in [6.07, 6.45) is 3.08. The molecule has 24 heavy (non-hydrogen) atoms. The number of benzene rings is 1. The van der Waals surface area contributed by atoms with E-state index < -0.39 is 5.97 Å². The van der Waals surface area contributed by atoms with E-state index in [2.05, 4.69) is 10.4 Å². The number of rotatable bonds is 6. The van der Waals surface area contributed by atoms with Crippen LogP contribution in [0.3, 0.4) is 0 Å². The Balaban J connectivity index is 2.02. The number of anilines is 1. The van der Waals surface area contributed by atoms with Crippen LogP contribution in [-0.2, 0) is 29.4 Å². The second kappa shape index (κ2) is 7.77. The Morgan fingerprint density at radius 3 is 2.33 bits per heavy atom. The lowest BCUT2D eigenvalue weighted by atomic mass is 10.0. The van der Waals surface area contributed by atoms with Crippen LogP contribution in [-0.4, -0.2) is 28.3 Å². The Kier molecular flexibility index (Phi) is 5.73. The molecule has 1 aromatic heterocycles. The summed E-state index contributed by atoms with van der Waals surface area (Å²) in [6, 6.07) is 5.96. The number of hydrogen-bond acceptors (Lipinski definition) is 4. The molecule has 1 amide bonds. The molecule has 0 unspecified atom stereocenters. The summed E-state index contributed by atoms with van der Waals surface area (Å²) in [5.41, 5.74) is 4.02. The van der Waals surface area contributed by atoms with Crippen LogP contribution in [0.1, 0.15) is 41.0 Å². The summed E-state index contributed by atoms with van der Waals surface area (Å²) in [5.74, 6) is -0.893. The monoisotopic (exact) mass is 329 g/mol. The Bertz CT molecular complexity index is 728. The van der Waals surface area contributed by atoms with Gasteiger partial charge in [0.05, 0.1) is 6.20 Å². The van der Waals surface area contributed by atoms with Crippen molar-refractivity contribution in [3.8, 4) is 0 Å². The van der Waals surface area contributed by atoms with E-state index in [4.69, 9.17) is 4.74 Å². The van der Waals surface area contributed by atoms with Gasteiger partial charge in [-0.25, -0.2) is 4.79 Å². The number of para-hydroxylation sites is 1. The summed E-state index contributed by atoms with van der Waals surface area (Å²) >= 11 is 0. The van der Waals surface area contributed by atoms with Gasteiger partial charge in [0.2, 0.25) is 0 Å². The van der Waals surface area contributed by atoms with E-state index in [1.165, 1.54) is 6.20 Å². The van der Waals surface area contributed by atoms with E-state index in [9.17, 15) is 9.59 Å². The van der Waals surface area contributed by atoms with Crippen molar-refractivity contribution in [3.63, 3.8) is 0 Å². The van der Waals surface area contributed by atoms with Crippen molar-refractivity contribution >= 4 is 17.6 Å². The van der Waals surface area contributed by atoms with Crippen molar-refractivity contribution in [1.82, 2.24) is 9.78 Å². The molecule has 0 aliphatic rings. The number of carbonyl (C=O) groups is 2. The Labute approximate surface area is 141 Å². The maximum atomic E-state index is 12.2. The molecule has 6 heteroatoms. The molecule has 0 aliphatic heterocycles. The zero-order valence-corrected chi connectivity index (χ0v) is 14.5. The van der Waals surface area contributed by atoms with E-state index in [1.807, 2.05) is 32.0 Å². The van der Waals surface area contributed by atoms with Gasteiger partial charge in [0.25, 0.3) is 5.91 Å². The van der Waals surface area contributed by atoms with Gasteiger partial charge in [-0.2, -0.15) is 5.10 Å². The maximum absolute atomic E-state index is 12.2. The first-order valence-electron chi connectivity index (χ1n) is 8.04. The Morgan fingerprint density at radius 2 is 1.83 bits per heavy atom. The predicted molar refractivity (Wildman–Crippen MR) is 92.1 cm³/mol. The second-order valence-corrected chi connectivity index (χ2v) is 5.55. The molecule has 0 fully saturated rings. The molecule has 128 valence electrons. The smallest absolute Gasteiger partial charge is 0.342 e. The summed E-state index contributed by atoms with van der Waals surface area (Å²) in [5, 5.41) is 6.86. The standard InChI is InChI=1S/C18H23N3O3/c1-5-13-8-7-9-14(6-2)17(13)20-16(22)11-24-18(23)15-10-19-21(4)12(15)3/h7-10H,5-6,11H2,1-4H3,(H,20,22). The lowest BCUT2D eigenvalue weighted by Crippen LogP contribution is -2.22. The predicted octanol–water partition coefficient (Wildman–Crippen LogP) is 2.65. The average molecular weight is 329 g/mol. The van der Waals surface area contributed by atoms with Crippen LogP contribution in [0.15, 0.2) is 24.4 Å². The van der Waals surface area contributed by atoms with Gasteiger partial charge in [0.15, 0.2) is 6.61 Å². The number of amides is 1. The first kappa shape index (κ1) is 17.7. The van der Waals surface area contributed by atoms with Crippen LogP contribution in [0.2, 0.25) is 0 Å². The van der Waals surface area contributed by atoms with Crippen molar-refractivity contribution in [2.45, 2.75) is 33.6 Å². The number of nitrogens with one attached hydrogen (secondary N) is 1. The molecule has 1 N–H and O–H groups in total. The summed E-state index contributed by atoms with van der Waals surface area (Å²) < 4.78 is 6.68. The molecule has 0 saturated carbocycles. The molecule has 0 spiro atoms. The molecule has 0 bridgehead atoms. The van der Waals surface area contributed by atoms with E-state index >= 15 is 0 Å². The van der Waals surface area contributed by atoms with Crippen LogP contribution in [0, 0.1) is 6.92 Å². The number of hydrogen-bond donors (Lipinski definition) is 1. The number of nitrogens with zero attached hydrogens (tertiary/aromatic N) is 2. The first-order chi connectivity index (χ1) is 11.5. The lowest BCUT2D eigenvalue weighted by Gasteiger charge is -2.14. The van der Waals surface area contributed by atoms with Crippen LogP contribution in [0.5, 0.6) is 0 Å². The minimum Gasteiger partial charge on any atom is -0.452 e. The van der Waals surface area contributed by atoms with Gasteiger partial charge in [-0.1, -0.05) is 32.0 Å². The molecule has 0 atom stereocenters. The van der Waals surface area contributed by atoms with Crippen LogP contribution in [0.25, 0.3) is 0 Å². The quantitative estimate of drug-likeness (QED) is 0.827. The highest BCUT2D eigenvalue weighted by Crippen LogP contribution is 2.22. The minimum absolute atomic E-state index is 0.325. The van der Waals surface area contributed by atoms with Crippen LogP contribution < -0.4 is 5.32 Å². The fraction of sp³-hybridized carbons (Fsp3) is 0.389. The van der Waals surface area contributed by atoms with E-state index in [0.29, 0.717) is 11.3 Å². The number of esters is 1. The fourth-order valence-corrected chi connectivity index (χ4v) is 2.49. The molecule has 1 aromatic carbocycles. The zero-order valence-electron chi connectivity index (χ0n) is 14.5. The van der Waals surface area contributed by atoms with Gasteiger partial charge in [-0.15, -0.1) is 0 Å². The Hall–Kier alpha value is -2.63. The molecule has 0 radical (unpaired) electrons. The molecular formula is C18H23N3O3. The highest BCUT2D eigenvalue weighted by atomic mass is 16.5. The fourth-order valence-electron chi connectivity index (χ4n) is 2.49. The highest BCUT2D eigenvalue weighted by molar-refractivity contribution is 5.96. The average Bonchev–Trinajstić information content (AvgIpc) is 2.92. The number of aryl methyl sites for hydroxylation is 3. The summed E-state index contributed by atoms with van der Waals surface area (Å²) in [4.78, 5) is 24.2. The molecule has 2 rings (SSSR count). The van der Waals surface area contributed by atoms with Crippen molar-refractivity contribution in [1.29, 1.82) is 0 Å². The normalized spacial score (nSPS) is 10.5. The minimum atomic E-state index is -0.546. The van der Waals surface area contributed by atoms with Crippen LogP contribution in [0.4, 0.5) is 5.69 Å². The zero-order chi connectivity index (χ0) is 17.7. The Morgan fingerprint density at radius 1 is 1.21 bits per heavy atom. The van der Waals surface area contributed by atoms with Gasteiger partial charge >= 0.3 is 5.97 Å². The van der Waals surface area contributed by atoms with Crippen molar-refractivity contribution in [2.24, 2.45) is 7.05 Å². The lowest BCUT2D eigenvalue weighted by molar-refractivity contribution is -0.119. The SMILES string of the molecule is CCc1cccc(CC)c1NC(=O)COC(=O)c1cnn(C)c1C. The first-order valence-corrected chi connectivity index (χ1v) is 8.04. The van der Waals surface area contributed by atoms with Crippen LogP contribution >= 0.6 is 0 Å². The van der Waals surface area contributed by atoms with Gasteiger partial charge in [0.1, 0.15) is 5.56 Å². The molecule has 1 heterocycles. The van der Waals surface area contributed by atoms with Gasteiger partial charge < -0.3 is 10.1 Å². The third-order valence-corrected chi connectivity index (χ3v) is 4.05. The topological polar surface area (TPSA) is 73.2 Å². The number of aromatic nitrogens is 2. The third kappa shape index (κ3) is 3.82. The van der Waals surface area contributed by atoms with Gasteiger partial charge in [-0.05, 0) is 30.9 Å². The van der Waals surface area contributed by atoms with Crippen molar-refractivity contribution < 1.29 is 14.3 Å². The second-order valence-electron chi connectivity index (χ2n) is 5.55.